The smallest absolute Gasteiger partial charge is 0.245 e. The number of nitrogens with one attached hydrogen (secondary N) is 1. The highest BCUT2D eigenvalue weighted by molar-refractivity contribution is 7.92. The molecule has 1 aliphatic heterocycles. The molecule has 0 aliphatic carbocycles. The molecule has 2 aromatic carbocycles. The summed E-state index contributed by atoms with van der Waals surface area (Å²) >= 11 is 0. The molecule has 0 saturated heterocycles. The average molecular weight is 376 g/mol. The van der Waals surface area contributed by atoms with Crippen molar-refractivity contribution >= 4 is 27.3 Å². The van der Waals surface area contributed by atoms with Gasteiger partial charge in [-0.15, -0.1) is 0 Å². The summed E-state index contributed by atoms with van der Waals surface area (Å²) in [6, 6.07) is 12.1. The second kappa shape index (κ2) is 7.25. The zero-order valence-corrected chi connectivity index (χ0v) is 15.4. The Hall–Kier alpha value is -2.74. The quantitative estimate of drug-likeness (QED) is 0.864. The van der Waals surface area contributed by atoms with E-state index in [4.69, 9.17) is 9.47 Å². The molecule has 0 fully saturated rings. The molecule has 0 spiro atoms. The minimum absolute atomic E-state index is 0.340. The summed E-state index contributed by atoms with van der Waals surface area (Å²) < 4.78 is 36.4. The molecule has 8 heteroatoms. The molecule has 0 unspecified atom stereocenters. The molecule has 26 heavy (non-hydrogen) atoms. The molecule has 1 heterocycles. The summed E-state index contributed by atoms with van der Waals surface area (Å²) in [6.45, 7) is 2.36. The number of anilines is 2. The van der Waals surface area contributed by atoms with Crippen molar-refractivity contribution in [2.75, 3.05) is 35.6 Å². The number of hydrogen-bond donors (Lipinski definition) is 1. The number of carbonyl (C=O) groups is 1. The maximum atomic E-state index is 12.4. The van der Waals surface area contributed by atoms with Crippen LogP contribution in [0.5, 0.6) is 11.5 Å². The van der Waals surface area contributed by atoms with Crippen LogP contribution in [0.15, 0.2) is 42.5 Å². The van der Waals surface area contributed by atoms with Gasteiger partial charge in [0.25, 0.3) is 0 Å². The van der Waals surface area contributed by atoms with Gasteiger partial charge in [0.2, 0.25) is 15.9 Å². The Kier molecular flexibility index (Phi) is 5.03. The summed E-state index contributed by atoms with van der Waals surface area (Å²) in [5.74, 6) is 0.583. The third-order valence-electron chi connectivity index (χ3n) is 3.92. The molecule has 2 aromatic rings. The number of nitrogens with zero attached hydrogens (tertiary/aromatic N) is 1. The first-order valence-corrected chi connectivity index (χ1v) is 9.92. The van der Waals surface area contributed by atoms with Crippen molar-refractivity contribution in [3.63, 3.8) is 0 Å². The Morgan fingerprint density at radius 3 is 2.50 bits per heavy atom. The second-order valence-electron chi connectivity index (χ2n) is 5.96. The van der Waals surface area contributed by atoms with Gasteiger partial charge in [-0.1, -0.05) is 18.2 Å². The highest BCUT2D eigenvalue weighted by Gasteiger charge is 2.23. The number of amides is 1. The molecule has 1 amide bonds. The van der Waals surface area contributed by atoms with Crippen molar-refractivity contribution in [2.45, 2.75) is 6.92 Å². The molecule has 1 aliphatic rings. The number of rotatable bonds is 5. The van der Waals surface area contributed by atoms with Gasteiger partial charge in [0, 0.05) is 11.8 Å². The van der Waals surface area contributed by atoms with Gasteiger partial charge in [0.15, 0.2) is 11.5 Å². The van der Waals surface area contributed by atoms with E-state index in [1.54, 1.807) is 30.3 Å². The Balaban J connectivity index is 1.83. The van der Waals surface area contributed by atoms with Crippen LogP contribution < -0.4 is 19.1 Å². The molecule has 0 atom stereocenters. The SMILES string of the molecule is Cc1ccccc1NC(=O)CN(c1ccc2c(c1)OCCO2)S(C)(=O)=O. The molecule has 138 valence electrons. The van der Waals surface area contributed by atoms with E-state index in [9.17, 15) is 13.2 Å². The number of fused-ring (bicyclic) bond motifs is 1. The first kappa shape index (κ1) is 18.1. The van der Waals surface area contributed by atoms with E-state index in [0.717, 1.165) is 16.1 Å². The minimum Gasteiger partial charge on any atom is -0.486 e. The monoisotopic (exact) mass is 376 g/mol. The van der Waals surface area contributed by atoms with Crippen molar-refractivity contribution in [3.05, 3.63) is 48.0 Å². The summed E-state index contributed by atoms with van der Waals surface area (Å²) in [5, 5.41) is 2.74. The average Bonchev–Trinajstić information content (AvgIpc) is 2.60. The lowest BCUT2D eigenvalue weighted by Gasteiger charge is -2.24. The van der Waals surface area contributed by atoms with Crippen LogP contribution in [0.2, 0.25) is 0 Å². The predicted molar refractivity (Wildman–Crippen MR) is 99.4 cm³/mol. The van der Waals surface area contributed by atoms with Crippen molar-refractivity contribution in [1.29, 1.82) is 0 Å². The number of sulfonamides is 1. The maximum Gasteiger partial charge on any atom is 0.245 e. The van der Waals surface area contributed by atoms with Gasteiger partial charge < -0.3 is 14.8 Å². The zero-order chi connectivity index (χ0) is 18.7. The molecule has 0 saturated carbocycles. The van der Waals surface area contributed by atoms with E-state index >= 15 is 0 Å². The van der Waals surface area contributed by atoms with Gasteiger partial charge in [-0.2, -0.15) is 0 Å². The number of benzene rings is 2. The number of aryl methyl sites for hydroxylation is 1. The molecule has 0 radical (unpaired) electrons. The first-order chi connectivity index (χ1) is 12.3. The summed E-state index contributed by atoms with van der Waals surface area (Å²) in [6.07, 6.45) is 1.06. The highest BCUT2D eigenvalue weighted by Crippen LogP contribution is 2.34. The van der Waals surface area contributed by atoms with Crippen molar-refractivity contribution in [3.8, 4) is 11.5 Å². The summed E-state index contributed by atoms with van der Waals surface area (Å²) in [7, 11) is -3.67. The Morgan fingerprint density at radius 1 is 1.12 bits per heavy atom. The largest absolute Gasteiger partial charge is 0.486 e. The molecular formula is C18H20N2O5S. The van der Waals surface area contributed by atoms with Crippen LogP contribution in [0.3, 0.4) is 0 Å². The van der Waals surface area contributed by atoms with Crippen LogP contribution in [-0.4, -0.2) is 40.3 Å². The second-order valence-corrected chi connectivity index (χ2v) is 7.87. The van der Waals surface area contributed by atoms with Gasteiger partial charge in [0.05, 0.1) is 11.9 Å². The van der Waals surface area contributed by atoms with Crippen LogP contribution in [-0.2, 0) is 14.8 Å². The van der Waals surface area contributed by atoms with Gasteiger partial charge >= 0.3 is 0 Å². The minimum atomic E-state index is -3.67. The lowest BCUT2D eigenvalue weighted by molar-refractivity contribution is -0.114. The lowest BCUT2D eigenvalue weighted by atomic mass is 10.2. The van der Waals surface area contributed by atoms with Gasteiger partial charge in [-0.25, -0.2) is 8.42 Å². The number of ether oxygens (including phenoxy) is 2. The third kappa shape index (κ3) is 4.08. The fourth-order valence-corrected chi connectivity index (χ4v) is 3.47. The highest BCUT2D eigenvalue weighted by atomic mass is 32.2. The molecular weight excluding hydrogens is 356 g/mol. The molecule has 0 aromatic heterocycles. The van der Waals surface area contributed by atoms with Crippen LogP contribution in [0.4, 0.5) is 11.4 Å². The van der Waals surface area contributed by atoms with Crippen LogP contribution in [0.1, 0.15) is 5.56 Å². The zero-order valence-electron chi connectivity index (χ0n) is 14.6. The number of hydrogen-bond acceptors (Lipinski definition) is 5. The fourth-order valence-electron chi connectivity index (χ4n) is 2.62. The number of carbonyl (C=O) groups excluding carboxylic acids is 1. The van der Waals surface area contributed by atoms with Crippen molar-refractivity contribution in [1.82, 2.24) is 0 Å². The molecule has 0 bridgehead atoms. The van der Waals surface area contributed by atoms with Gasteiger partial charge in [0.1, 0.15) is 19.8 Å². The van der Waals surface area contributed by atoms with Crippen LogP contribution >= 0.6 is 0 Å². The van der Waals surface area contributed by atoms with Crippen molar-refractivity contribution < 1.29 is 22.7 Å². The van der Waals surface area contributed by atoms with E-state index in [1.165, 1.54) is 0 Å². The van der Waals surface area contributed by atoms with E-state index in [1.807, 2.05) is 19.1 Å². The van der Waals surface area contributed by atoms with Crippen molar-refractivity contribution in [2.24, 2.45) is 0 Å². The number of para-hydroxylation sites is 1. The van der Waals surface area contributed by atoms with E-state index in [2.05, 4.69) is 5.32 Å². The molecule has 7 nitrogen and oxygen atoms in total. The first-order valence-electron chi connectivity index (χ1n) is 8.07. The summed E-state index contributed by atoms with van der Waals surface area (Å²) in [4.78, 5) is 12.4. The topological polar surface area (TPSA) is 84.9 Å². The molecule has 1 N–H and O–H groups in total. The Morgan fingerprint density at radius 2 is 1.81 bits per heavy atom. The fraction of sp³-hybridized carbons (Fsp3) is 0.278. The van der Waals surface area contributed by atoms with E-state index in [-0.39, 0.29) is 6.54 Å². The standard InChI is InChI=1S/C18H20N2O5S/c1-13-5-3-4-6-15(13)19-18(21)12-20(26(2,22)23)14-7-8-16-17(11-14)25-10-9-24-16/h3-8,11H,9-10,12H2,1-2H3,(H,19,21). The van der Waals surface area contributed by atoms with Crippen LogP contribution in [0, 0.1) is 6.92 Å². The Labute approximate surface area is 152 Å². The normalized spacial score (nSPS) is 13.2. The summed E-state index contributed by atoms with van der Waals surface area (Å²) in [5.41, 5.74) is 1.89. The van der Waals surface area contributed by atoms with Gasteiger partial charge in [-0.3, -0.25) is 9.10 Å². The predicted octanol–water partition coefficient (Wildman–Crippen LogP) is 2.17. The maximum absolute atomic E-state index is 12.4. The van der Waals surface area contributed by atoms with Gasteiger partial charge in [-0.05, 0) is 30.7 Å². The molecule has 3 rings (SSSR count). The third-order valence-corrected chi connectivity index (χ3v) is 5.06. The van der Waals surface area contributed by atoms with Crippen LogP contribution in [0.25, 0.3) is 0 Å². The van der Waals surface area contributed by atoms with E-state index in [0.29, 0.717) is 36.1 Å². The Bertz CT molecular complexity index is 927. The van der Waals surface area contributed by atoms with E-state index < -0.39 is 15.9 Å². The lowest BCUT2D eigenvalue weighted by Crippen LogP contribution is -2.37.